The lowest BCUT2D eigenvalue weighted by Crippen LogP contribution is -2.38. The van der Waals surface area contributed by atoms with Gasteiger partial charge in [-0.1, -0.05) is 5.11 Å². The van der Waals surface area contributed by atoms with E-state index in [0.717, 1.165) is 0 Å². The SMILES string of the molecule is CC(=O)OCCCN/C=C(/CN(CCCN=[N+]=[N-])C(=O)OC(C)(C)C)N=N. The lowest BCUT2D eigenvalue weighted by molar-refractivity contribution is -0.141. The number of carbonyl (C=O) groups is 2. The van der Waals surface area contributed by atoms with E-state index < -0.39 is 11.7 Å². The second kappa shape index (κ2) is 13.4. The molecule has 11 nitrogen and oxygen atoms in total. The molecule has 0 aliphatic carbocycles. The Bertz CT molecular complexity index is 566. The molecule has 0 aromatic heterocycles. The Hall–Kier alpha value is -2.81. The van der Waals surface area contributed by atoms with E-state index in [0.29, 0.717) is 38.2 Å². The molecular formula is C16H29N7O4. The smallest absolute Gasteiger partial charge is 0.410 e. The second-order valence-corrected chi connectivity index (χ2v) is 6.61. The Kier molecular flexibility index (Phi) is 12.0. The molecule has 0 fully saturated rings. The molecule has 0 aromatic carbocycles. The van der Waals surface area contributed by atoms with Crippen LogP contribution in [0, 0.1) is 5.53 Å². The monoisotopic (exact) mass is 383 g/mol. The highest BCUT2D eigenvalue weighted by atomic mass is 16.6. The molecule has 152 valence electrons. The summed E-state index contributed by atoms with van der Waals surface area (Å²) >= 11 is 0. The van der Waals surface area contributed by atoms with Crippen LogP contribution in [-0.2, 0) is 14.3 Å². The van der Waals surface area contributed by atoms with E-state index in [-0.39, 0.29) is 19.1 Å². The van der Waals surface area contributed by atoms with E-state index >= 15 is 0 Å². The summed E-state index contributed by atoms with van der Waals surface area (Å²) in [6, 6.07) is 0. The Morgan fingerprint density at radius 3 is 2.59 bits per heavy atom. The lowest BCUT2D eigenvalue weighted by Gasteiger charge is -2.27. The number of carbonyl (C=O) groups excluding carboxylic acids is 2. The fraction of sp³-hybridized carbons (Fsp3) is 0.750. The number of hydrogen-bond acceptors (Lipinski definition) is 8. The van der Waals surface area contributed by atoms with Crippen LogP contribution in [0.25, 0.3) is 10.4 Å². The van der Waals surface area contributed by atoms with Crippen molar-refractivity contribution < 1.29 is 19.1 Å². The molecule has 0 aromatic rings. The fourth-order valence-electron chi connectivity index (χ4n) is 1.83. The summed E-state index contributed by atoms with van der Waals surface area (Å²) in [6.07, 6.45) is 2.06. The number of ether oxygens (including phenoxy) is 2. The van der Waals surface area contributed by atoms with Crippen molar-refractivity contribution in [2.24, 2.45) is 10.2 Å². The molecular weight excluding hydrogens is 354 g/mol. The van der Waals surface area contributed by atoms with Gasteiger partial charge in [-0.25, -0.2) is 10.3 Å². The van der Waals surface area contributed by atoms with Crippen LogP contribution in [0.2, 0.25) is 0 Å². The van der Waals surface area contributed by atoms with Crippen molar-refractivity contribution in [2.75, 3.05) is 32.8 Å². The van der Waals surface area contributed by atoms with E-state index in [1.807, 2.05) is 0 Å². The minimum absolute atomic E-state index is 0.0750. The van der Waals surface area contributed by atoms with Crippen LogP contribution < -0.4 is 5.32 Å². The summed E-state index contributed by atoms with van der Waals surface area (Å²) in [6.45, 7) is 8.08. The largest absolute Gasteiger partial charge is 0.466 e. The molecule has 0 heterocycles. The molecule has 0 unspecified atom stereocenters. The zero-order valence-corrected chi connectivity index (χ0v) is 16.4. The standard InChI is InChI=1S/C16H29N7O4/c1-13(24)26-10-6-7-19-11-14(21-17)12-23(9-5-8-20-22-18)15(25)27-16(2,3)4/h11,17,19H,5-10,12H2,1-4H3/b14-11-,21-17?. The van der Waals surface area contributed by atoms with Crippen LogP contribution >= 0.6 is 0 Å². The molecule has 0 rings (SSSR count). The zero-order valence-electron chi connectivity index (χ0n) is 16.4. The van der Waals surface area contributed by atoms with E-state index in [1.54, 1.807) is 20.8 Å². The molecule has 0 saturated heterocycles. The topological polar surface area (TPSA) is 153 Å². The summed E-state index contributed by atoms with van der Waals surface area (Å²) in [5.74, 6) is -0.332. The highest BCUT2D eigenvalue weighted by molar-refractivity contribution is 5.68. The van der Waals surface area contributed by atoms with Crippen molar-refractivity contribution in [2.45, 2.75) is 46.1 Å². The third-order valence-corrected chi connectivity index (χ3v) is 2.94. The maximum absolute atomic E-state index is 12.4. The summed E-state index contributed by atoms with van der Waals surface area (Å²) in [5.41, 5.74) is 15.3. The number of esters is 1. The molecule has 0 saturated carbocycles. The Morgan fingerprint density at radius 2 is 2.04 bits per heavy atom. The van der Waals surface area contributed by atoms with Crippen LogP contribution in [-0.4, -0.2) is 55.3 Å². The molecule has 11 heteroatoms. The van der Waals surface area contributed by atoms with E-state index in [9.17, 15) is 9.59 Å². The summed E-state index contributed by atoms with van der Waals surface area (Å²) < 4.78 is 10.2. The number of azide groups is 1. The molecule has 0 spiro atoms. The first-order valence-electron chi connectivity index (χ1n) is 8.61. The number of hydrogen-bond donors (Lipinski definition) is 2. The second-order valence-electron chi connectivity index (χ2n) is 6.61. The number of amides is 1. The number of nitrogens with zero attached hydrogens (tertiary/aromatic N) is 5. The van der Waals surface area contributed by atoms with E-state index in [2.05, 4.69) is 20.5 Å². The van der Waals surface area contributed by atoms with Gasteiger partial charge in [0.2, 0.25) is 0 Å². The quantitative estimate of drug-likeness (QED) is 0.174. The zero-order chi connectivity index (χ0) is 20.7. The number of rotatable bonds is 12. The van der Waals surface area contributed by atoms with Gasteiger partial charge < -0.3 is 19.7 Å². The summed E-state index contributed by atoms with van der Waals surface area (Å²) in [4.78, 5) is 27.1. The molecule has 0 bridgehead atoms. The average Bonchev–Trinajstić information content (AvgIpc) is 2.57. The Balaban J connectivity index is 4.73. The molecule has 0 aliphatic rings. The van der Waals surface area contributed by atoms with Crippen molar-refractivity contribution in [3.63, 3.8) is 0 Å². The first kappa shape index (κ1) is 24.2. The van der Waals surface area contributed by atoms with Gasteiger partial charge in [0, 0.05) is 37.7 Å². The van der Waals surface area contributed by atoms with Crippen LogP contribution in [0.4, 0.5) is 4.79 Å². The van der Waals surface area contributed by atoms with Gasteiger partial charge in [0.1, 0.15) is 5.60 Å². The minimum atomic E-state index is -0.656. The lowest BCUT2D eigenvalue weighted by atomic mass is 10.2. The highest BCUT2D eigenvalue weighted by Crippen LogP contribution is 2.12. The van der Waals surface area contributed by atoms with Crippen molar-refractivity contribution in [1.29, 1.82) is 5.53 Å². The number of nitrogens with one attached hydrogen (secondary N) is 2. The van der Waals surface area contributed by atoms with Gasteiger partial charge >= 0.3 is 12.1 Å². The highest BCUT2D eigenvalue weighted by Gasteiger charge is 2.22. The van der Waals surface area contributed by atoms with Gasteiger partial charge in [-0.05, 0) is 39.1 Å². The van der Waals surface area contributed by atoms with E-state index in [1.165, 1.54) is 18.0 Å². The van der Waals surface area contributed by atoms with Gasteiger partial charge in [-0.2, -0.15) is 5.11 Å². The normalized spacial score (nSPS) is 11.2. The molecule has 27 heavy (non-hydrogen) atoms. The van der Waals surface area contributed by atoms with Crippen molar-refractivity contribution in [3.05, 3.63) is 22.3 Å². The first-order valence-corrected chi connectivity index (χ1v) is 8.61. The molecule has 0 aliphatic heterocycles. The molecule has 0 atom stereocenters. The van der Waals surface area contributed by atoms with Gasteiger partial charge in [-0.15, -0.1) is 0 Å². The third-order valence-electron chi connectivity index (χ3n) is 2.94. The van der Waals surface area contributed by atoms with Crippen LogP contribution in [0.5, 0.6) is 0 Å². The summed E-state index contributed by atoms with van der Waals surface area (Å²) in [5, 5.41) is 9.84. The third kappa shape index (κ3) is 14.1. The van der Waals surface area contributed by atoms with Gasteiger partial charge in [0.05, 0.1) is 18.8 Å². The first-order chi connectivity index (χ1) is 12.7. The summed E-state index contributed by atoms with van der Waals surface area (Å²) in [7, 11) is 0. The maximum atomic E-state index is 12.4. The molecule has 0 radical (unpaired) electrons. The minimum Gasteiger partial charge on any atom is -0.466 e. The average molecular weight is 383 g/mol. The Morgan fingerprint density at radius 1 is 1.33 bits per heavy atom. The predicted octanol–water partition coefficient (Wildman–Crippen LogP) is 3.34. The van der Waals surface area contributed by atoms with E-state index in [4.69, 9.17) is 20.5 Å². The van der Waals surface area contributed by atoms with Crippen molar-refractivity contribution in [3.8, 4) is 0 Å². The van der Waals surface area contributed by atoms with Crippen LogP contribution in [0.15, 0.2) is 22.1 Å². The fourth-order valence-corrected chi connectivity index (χ4v) is 1.83. The van der Waals surface area contributed by atoms with Crippen LogP contribution in [0.3, 0.4) is 0 Å². The van der Waals surface area contributed by atoms with Gasteiger partial charge in [0.15, 0.2) is 0 Å². The predicted molar refractivity (Wildman–Crippen MR) is 98.9 cm³/mol. The van der Waals surface area contributed by atoms with Gasteiger partial charge in [-0.3, -0.25) is 4.79 Å². The molecule has 1 amide bonds. The van der Waals surface area contributed by atoms with Crippen LogP contribution in [0.1, 0.15) is 40.5 Å². The Labute approximate surface area is 159 Å². The molecule has 2 N–H and O–H groups in total. The van der Waals surface area contributed by atoms with Crippen molar-refractivity contribution in [1.82, 2.24) is 10.2 Å². The maximum Gasteiger partial charge on any atom is 0.410 e. The van der Waals surface area contributed by atoms with Crippen molar-refractivity contribution >= 4 is 12.1 Å². The van der Waals surface area contributed by atoms with Gasteiger partial charge in [0.25, 0.3) is 0 Å².